The second-order valence-electron chi connectivity index (χ2n) is 5.92. The summed E-state index contributed by atoms with van der Waals surface area (Å²) in [5, 5.41) is 9.55. The van der Waals surface area contributed by atoms with Crippen LogP contribution in [-0.4, -0.2) is 27.8 Å². The van der Waals surface area contributed by atoms with Crippen LogP contribution >= 0.6 is 0 Å². The monoisotopic (exact) mass is 329 g/mol. The highest BCUT2D eigenvalue weighted by Crippen LogP contribution is 2.11. The second-order valence-corrected chi connectivity index (χ2v) is 5.92. The molecule has 1 aromatic carbocycles. The molecule has 24 heavy (non-hydrogen) atoms. The Labute approximate surface area is 141 Å². The molecular weight excluding hydrogens is 306 g/mol. The molecule has 0 spiro atoms. The summed E-state index contributed by atoms with van der Waals surface area (Å²) in [6.07, 6.45) is 3.62. The zero-order valence-corrected chi connectivity index (χ0v) is 13.9. The standard InChI is InChI=1S/C17H23N5O2/c1-12(2)15(21-17(18)24)16(23)19-10-13-6-3-4-7-14(13)11-22-9-5-8-20-22/h3-9,12,15H,10-11H2,1-2H3,(H,19,23)(H3,18,21,24). The second kappa shape index (κ2) is 8.14. The van der Waals surface area contributed by atoms with E-state index in [1.165, 1.54) is 0 Å². The van der Waals surface area contributed by atoms with Gasteiger partial charge in [-0.05, 0) is 23.1 Å². The van der Waals surface area contributed by atoms with E-state index < -0.39 is 12.1 Å². The minimum Gasteiger partial charge on any atom is -0.352 e. The number of nitrogens with zero attached hydrogens (tertiary/aromatic N) is 2. The van der Waals surface area contributed by atoms with Crippen LogP contribution < -0.4 is 16.4 Å². The zero-order valence-electron chi connectivity index (χ0n) is 13.9. The van der Waals surface area contributed by atoms with Crippen LogP contribution in [0, 0.1) is 5.92 Å². The summed E-state index contributed by atoms with van der Waals surface area (Å²) in [4.78, 5) is 23.4. The van der Waals surface area contributed by atoms with Gasteiger partial charge < -0.3 is 16.4 Å². The van der Waals surface area contributed by atoms with E-state index in [1.54, 1.807) is 6.20 Å². The van der Waals surface area contributed by atoms with Crippen molar-refractivity contribution >= 4 is 11.9 Å². The van der Waals surface area contributed by atoms with Crippen LogP contribution in [0.5, 0.6) is 0 Å². The van der Waals surface area contributed by atoms with Crippen molar-refractivity contribution in [2.45, 2.75) is 33.0 Å². The Hall–Kier alpha value is -2.83. The Morgan fingerprint density at radius 3 is 2.50 bits per heavy atom. The van der Waals surface area contributed by atoms with Crippen molar-refractivity contribution in [3.05, 3.63) is 53.9 Å². The van der Waals surface area contributed by atoms with Crippen LogP contribution in [-0.2, 0) is 17.9 Å². The Morgan fingerprint density at radius 2 is 1.92 bits per heavy atom. The summed E-state index contributed by atoms with van der Waals surface area (Å²) in [6, 6.07) is 8.36. The van der Waals surface area contributed by atoms with E-state index in [-0.39, 0.29) is 11.8 Å². The number of amides is 3. The number of carbonyl (C=O) groups is 2. The molecule has 0 aliphatic carbocycles. The zero-order chi connectivity index (χ0) is 17.5. The lowest BCUT2D eigenvalue weighted by molar-refractivity contribution is -0.124. The van der Waals surface area contributed by atoms with Crippen molar-refractivity contribution in [3.63, 3.8) is 0 Å². The van der Waals surface area contributed by atoms with Crippen molar-refractivity contribution in [1.29, 1.82) is 0 Å². The van der Waals surface area contributed by atoms with Crippen LogP contribution in [0.2, 0.25) is 0 Å². The summed E-state index contributed by atoms with van der Waals surface area (Å²) < 4.78 is 1.83. The number of nitrogens with one attached hydrogen (secondary N) is 2. The Balaban J connectivity index is 2.03. The molecule has 0 radical (unpaired) electrons. The molecule has 1 atom stereocenters. The molecule has 2 aromatic rings. The lowest BCUT2D eigenvalue weighted by Crippen LogP contribution is -2.51. The third-order valence-corrected chi connectivity index (χ3v) is 3.71. The normalized spacial score (nSPS) is 12.0. The average Bonchev–Trinajstić information content (AvgIpc) is 3.04. The third-order valence-electron chi connectivity index (χ3n) is 3.71. The molecule has 1 heterocycles. The van der Waals surface area contributed by atoms with E-state index in [4.69, 9.17) is 5.73 Å². The van der Waals surface area contributed by atoms with Gasteiger partial charge in [0.2, 0.25) is 5.91 Å². The summed E-state index contributed by atoms with van der Waals surface area (Å²) in [6.45, 7) is 4.71. The molecule has 2 rings (SSSR count). The molecule has 0 saturated heterocycles. The largest absolute Gasteiger partial charge is 0.352 e. The van der Waals surface area contributed by atoms with Gasteiger partial charge >= 0.3 is 6.03 Å². The quantitative estimate of drug-likeness (QED) is 0.712. The predicted octanol–water partition coefficient (Wildman–Crippen LogP) is 1.24. The molecule has 7 nitrogen and oxygen atoms in total. The fraction of sp³-hybridized carbons (Fsp3) is 0.353. The molecule has 128 valence electrons. The Bertz CT molecular complexity index is 682. The molecule has 0 aliphatic rings. The van der Waals surface area contributed by atoms with Crippen LogP contribution in [0.15, 0.2) is 42.7 Å². The number of nitrogens with two attached hydrogens (primary N) is 1. The maximum Gasteiger partial charge on any atom is 0.312 e. The van der Waals surface area contributed by atoms with E-state index in [0.717, 1.165) is 11.1 Å². The van der Waals surface area contributed by atoms with E-state index in [0.29, 0.717) is 13.1 Å². The van der Waals surface area contributed by atoms with Crippen LogP contribution in [0.1, 0.15) is 25.0 Å². The summed E-state index contributed by atoms with van der Waals surface area (Å²) in [5.41, 5.74) is 7.21. The molecule has 1 unspecified atom stereocenters. The third kappa shape index (κ3) is 4.84. The van der Waals surface area contributed by atoms with Crippen molar-refractivity contribution in [3.8, 4) is 0 Å². The van der Waals surface area contributed by atoms with Crippen molar-refractivity contribution < 1.29 is 9.59 Å². The first-order valence-electron chi connectivity index (χ1n) is 7.85. The van der Waals surface area contributed by atoms with Crippen molar-refractivity contribution in [2.75, 3.05) is 0 Å². The molecule has 0 aliphatic heterocycles. The minimum absolute atomic E-state index is 0.0585. The molecule has 3 amide bonds. The smallest absolute Gasteiger partial charge is 0.312 e. The van der Waals surface area contributed by atoms with Crippen LogP contribution in [0.3, 0.4) is 0 Å². The number of aromatic nitrogens is 2. The van der Waals surface area contributed by atoms with Crippen LogP contribution in [0.25, 0.3) is 0 Å². The highest BCUT2D eigenvalue weighted by Gasteiger charge is 2.23. The summed E-state index contributed by atoms with van der Waals surface area (Å²) in [7, 11) is 0. The van der Waals surface area contributed by atoms with Gasteiger partial charge in [-0.2, -0.15) is 5.10 Å². The maximum atomic E-state index is 12.3. The van der Waals surface area contributed by atoms with Gasteiger partial charge in [0.05, 0.1) is 6.54 Å². The van der Waals surface area contributed by atoms with Gasteiger partial charge in [0.25, 0.3) is 0 Å². The lowest BCUT2D eigenvalue weighted by atomic mass is 10.0. The summed E-state index contributed by atoms with van der Waals surface area (Å²) in [5.74, 6) is -0.311. The number of benzene rings is 1. The van der Waals surface area contributed by atoms with Gasteiger partial charge in [-0.25, -0.2) is 4.79 Å². The average molecular weight is 329 g/mol. The number of urea groups is 1. The van der Waals surface area contributed by atoms with Gasteiger partial charge in [0, 0.05) is 18.9 Å². The van der Waals surface area contributed by atoms with Crippen molar-refractivity contribution in [2.24, 2.45) is 11.7 Å². The van der Waals surface area contributed by atoms with E-state index in [9.17, 15) is 9.59 Å². The number of hydrogen-bond donors (Lipinski definition) is 3. The van der Waals surface area contributed by atoms with E-state index in [2.05, 4.69) is 15.7 Å². The van der Waals surface area contributed by atoms with Gasteiger partial charge in [-0.3, -0.25) is 9.48 Å². The van der Waals surface area contributed by atoms with Crippen LogP contribution in [0.4, 0.5) is 4.79 Å². The van der Waals surface area contributed by atoms with Gasteiger partial charge in [0.1, 0.15) is 6.04 Å². The highest BCUT2D eigenvalue weighted by atomic mass is 16.2. The predicted molar refractivity (Wildman–Crippen MR) is 91.0 cm³/mol. The number of rotatable bonds is 7. The fourth-order valence-corrected chi connectivity index (χ4v) is 2.43. The topological polar surface area (TPSA) is 102 Å². The van der Waals surface area contributed by atoms with Crippen molar-refractivity contribution in [1.82, 2.24) is 20.4 Å². The maximum absolute atomic E-state index is 12.3. The molecular formula is C17H23N5O2. The first-order valence-corrected chi connectivity index (χ1v) is 7.85. The Kier molecular flexibility index (Phi) is 5.95. The minimum atomic E-state index is -0.706. The number of hydrogen-bond acceptors (Lipinski definition) is 3. The number of carbonyl (C=O) groups excluding carboxylic acids is 2. The molecule has 0 saturated carbocycles. The van der Waals surface area contributed by atoms with Gasteiger partial charge in [0.15, 0.2) is 0 Å². The summed E-state index contributed by atoms with van der Waals surface area (Å²) >= 11 is 0. The molecule has 1 aromatic heterocycles. The van der Waals surface area contributed by atoms with E-state index in [1.807, 2.05) is 55.1 Å². The first kappa shape index (κ1) is 17.5. The molecule has 4 N–H and O–H groups in total. The van der Waals surface area contributed by atoms with E-state index >= 15 is 0 Å². The fourth-order valence-electron chi connectivity index (χ4n) is 2.43. The number of primary amides is 1. The SMILES string of the molecule is CC(C)C(NC(N)=O)C(=O)NCc1ccccc1Cn1cccn1. The van der Waals surface area contributed by atoms with Gasteiger partial charge in [-0.15, -0.1) is 0 Å². The molecule has 0 bridgehead atoms. The first-order chi connectivity index (χ1) is 11.5. The Morgan fingerprint density at radius 1 is 1.21 bits per heavy atom. The molecule has 7 heteroatoms. The van der Waals surface area contributed by atoms with Gasteiger partial charge in [-0.1, -0.05) is 38.1 Å². The molecule has 0 fully saturated rings. The lowest BCUT2D eigenvalue weighted by Gasteiger charge is -2.21. The highest BCUT2D eigenvalue weighted by molar-refractivity contribution is 5.86.